The SMILES string of the molecule is Cc1ncc(-c2ccnc(N[C@H]3CC[C@H](C(C(N)=O)C4CCN(C(=O)O)CC4)CC3)n2)n1C(C)C. The Balaban J connectivity index is 1.37. The van der Waals surface area contributed by atoms with Gasteiger partial charge in [-0.1, -0.05) is 0 Å². The van der Waals surface area contributed by atoms with Crippen LogP contribution in [0.15, 0.2) is 18.5 Å². The van der Waals surface area contributed by atoms with Crippen molar-refractivity contribution in [3.63, 3.8) is 0 Å². The molecule has 4 rings (SSSR count). The van der Waals surface area contributed by atoms with Crippen molar-refractivity contribution >= 4 is 17.9 Å². The number of aryl methyl sites for hydroxylation is 1. The summed E-state index contributed by atoms with van der Waals surface area (Å²) in [5.74, 6) is 1.52. The number of rotatable bonds is 7. The van der Waals surface area contributed by atoms with Gasteiger partial charge in [0.25, 0.3) is 0 Å². The molecule has 0 aromatic carbocycles. The van der Waals surface area contributed by atoms with Crippen LogP contribution < -0.4 is 11.1 Å². The van der Waals surface area contributed by atoms with Gasteiger partial charge in [0.15, 0.2) is 0 Å². The fraction of sp³-hybridized carbons (Fsp3) is 0.640. The number of nitrogens with one attached hydrogen (secondary N) is 1. The predicted molar refractivity (Wildman–Crippen MR) is 133 cm³/mol. The molecule has 3 heterocycles. The lowest BCUT2D eigenvalue weighted by Gasteiger charge is -2.39. The van der Waals surface area contributed by atoms with Crippen LogP contribution in [0.4, 0.5) is 10.7 Å². The summed E-state index contributed by atoms with van der Waals surface area (Å²) in [7, 11) is 0. The van der Waals surface area contributed by atoms with Gasteiger partial charge in [-0.05, 0) is 77.2 Å². The number of nitrogens with zero attached hydrogens (tertiary/aromatic N) is 5. The number of likely N-dealkylation sites (tertiary alicyclic amines) is 1. The van der Waals surface area contributed by atoms with Gasteiger partial charge in [0.05, 0.1) is 17.6 Å². The monoisotopic (exact) mass is 483 g/mol. The highest BCUT2D eigenvalue weighted by molar-refractivity contribution is 5.77. The Labute approximate surface area is 206 Å². The Morgan fingerprint density at radius 1 is 1.09 bits per heavy atom. The molecule has 35 heavy (non-hydrogen) atoms. The molecule has 10 heteroatoms. The number of aromatic nitrogens is 4. The molecule has 1 aliphatic heterocycles. The number of carbonyl (C=O) groups excluding carboxylic acids is 1. The molecule has 2 fully saturated rings. The Kier molecular flexibility index (Phi) is 7.57. The average Bonchev–Trinajstić information content (AvgIpc) is 3.22. The molecule has 0 spiro atoms. The first-order valence-corrected chi connectivity index (χ1v) is 12.7. The molecule has 1 aliphatic carbocycles. The predicted octanol–water partition coefficient (Wildman–Crippen LogP) is 3.69. The normalized spacial score (nSPS) is 22.2. The van der Waals surface area contributed by atoms with Gasteiger partial charge in [0, 0.05) is 37.3 Å². The van der Waals surface area contributed by atoms with E-state index in [0.717, 1.165) is 42.9 Å². The summed E-state index contributed by atoms with van der Waals surface area (Å²) in [6, 6.07) is 2.43. The third kappa shape index (κ3) is 5.57. The highest BCUT2D eigenvalue weighted by Gasteiger charge is 2.38. The molecule has 1 unspecified atom stereocenters. The topological polar surface area (TPSA) is 139 Å². The Morgan fingerprint density at radius 2 is 1.74 bits per heavy atom. The van der Waals surface area contributed by atoms with Crippen LogP contribution in [0.1, 0.15) is 64.2 Å². The lowest BCUT2D eigenvalue weighted by molar-refractivity contribution is -0.126. The van der Waals surface area contributed by atoms with Crippen molar-refractivity contribution in [2.45, 2.75) is 71.4 Å². The second-order valence-corrected chi connectivity index (χ2v) is 10.2. The maximum Gasteiger partial charge on any atom is 0.407 e. The average molecular weight is 484 g/mol. The summed E-state index contributed by atoms with van der Waals surface area (Å²) in [6.45, 7) is 7.21. The number of imidazole rings is 1. The molecule has 2 amide bonds. The van der Waals surface area contributed by atoms with Crippen molar-refractivity contribution in [1.82, 2.24) is 24.4 Å². The maximum absolute atomic E-state index is 12.4. The third-order valence-corrected chi connectivity index (χ3v) is 7.68. The minimum Gasteiger partial charge on any atom is -0.465 e. The number of hydrogen-bond acceptors (Lipinski definition) is 6. The Hall–Kier alpha value is -3.17. The molecule has 4 N–H and O–H groups in total. The zero-order chi connectivity index (χ0) is 25.1. The minimum atomic E-state index is -0.888. The van der Waals surface area contributed by atoms with E-state index < -0.39 is 6.09 Å². The van der Waals surface area contributed by atoms with E-state index in [1.54, 1.807) is 6.20 Å². The highest BCUT2D eigenvalue weighted by atomic mass is 16.4. The summed E-state index contributed by atoms with van der Waals surface area (Å²) >= 11 is 0. The van der Waals surface area contributed by atoms with Gasteiger partial charge < -0.3 is 25.6 Å². The van der Waals surface area contributed by atoms with E-state index in [1.165, 1.54) is 4.90 Å². The number of carboxylic acid groups (broad SMARTS) is 1. The van der Waals surface area contributed by atoms with Crippen molar-refractivity contribution in [1.29, 1.82) is 0 Å². The number of hydrogen-bond donors (Lipinski definition) is 3. The maximum atomic E-state index is 12.4. The fourth-order valence-corrected chi connectivity index (χ4v) is 5.97. The zero-order valence-corrected chi connectivity index (χ0v) is 20.9. The van der Waals surface area contributed by atoms with Gasteiger partial charge >= 0.3 is 6.09 Å². The third-order valence-electron chi connectivity index (χ3n) is 7.68. The van der Waals surface area contributed by atoms with E-state index in [2.05, 4.69) is 33.7 Å². The molecule has 1 atom stereocenters. The van der Waals surface area contributed by atoms with Crippen LogP contribution in [0.25, 0.3) is 11.4 Å². The van der Waals surface area contributed by atoms with Crippen LogP contribution in [0, 0.1) is 24.7 Å². The second kappa shape index (κ2) is 10.6. The highest BCUT2D eigenvalue weighted by Crippen LogP contribution is 2.38. The Morgan fingerprint density at radius 3 is 2.34 bits per heavy atom. The zero-order valence-electron chi connectivity index (χ0n) is 20.9. The summed E-state index contributed by atoms with van der Waals surface area (Å²) in [5, 5.41) is 12.7. The van der Waals surface area contributed by atoms with Crippen LogP contribution in [-0.4, -0.2) is 60.7 Å². The molecule has 10 nitrogen and oxygen atoms in total. The van der Waals surface area contributed by atoms with E-state index in [0.29, 0.717) is 31.9 Å². The first kappa shape index (κ1) is 24.9. The van der Waals surface area contributed by atoms with Crippen LogP contribution in [0.3, 0.4) is 0 Å². The van der Waals surface area contributed by atoms with Crippen molar-refractivity contribution in [3.8, 4) is 11.4 Å². The first-order chi connectivity index (χ1) is 16.7. The summed E-state index contributed by atoms with van der Waals surface area (Å²) < 4.78 is 2.17. The molecular weight excluding hydrogens is 446 g/mol. The van der Waals surface area contributed by atoms with E-state index in [-0.39, 0.29) is 35.7 Å². The fourth-order valence-electron chi connectivity index (χ4n) is 5.97. The number of carbonyl (C=O) groups is 2. The molecule has 0 bridgehead atoms. The molecule has 0 radical (unpaired) electrons. The standard InChI is InChI=1S/C25H37N7O3/c1-15(2)32-16(3)28-14-21(32)20-8-11-27-24(30-20)29-19-6-4-17(5-7-19)22(23(26)33)18-9-12-31(13-10-18)25(34)35/h8,11,14-15,17-19,22H,4-7,9-10,12-13H2,1-3H3,(H2,26,33)(H,34,35)(H,27,29,30)/t17-,19-,22?. The smallest absolute Gasteiger partial charge is 0.407 e. The van der Waals surface area contributed by atoms with E-state index in [4.69, 9.17) is 10.7 Å². The van der Waals surface area contributed by atoms with Crippen molar-refractivity contribution in [3.05, 3.63) is 24.3 Å². The summed E-state index contributed by atoms with van der Waals surface area (Å²) in [6.07, 6.45) is 7.79. The van der Waals surface area contributed by atoms with Gasteiger partial charge in [-0.3, -0.25) is 4.79 Å². The number of primary amides is 1. The van der Waals surface area contributed by atoms with Crippen LogP contribution in [0.2, 0.25) is 0 Å². The van der Waals surface area contributed by atoms with Crippen LogP contribution >= 0.6 is 0 Å². The number of anilines is 1. The summed E-state index contributed by atoms with van der Waals surface area (Å²) in [5.41, 5.74) is 7.66. The van der Waals surface area contributed by atoms with E-state index >= 15 is 0 Å². The quantitative estimate of drug-likeness (QED) is 0.546. The van der Waals surface area contributed by atoms with E-state index in [1.807, 2.05) is 19.2 Å². The lowest BCUT2D eigenvalue weighted by atomic mass is 9.70. The molecule has 2 aromatic rings. The molecule has 190 valence electrons. The van der Waals surface area contributed by atoms with Gasteiger partial charge in [0.2, 0.25) is 11.9 Å². The van der Waals surface area contributed by atoms with Gasteiger partial charge in [-0.2, -0.15) is 0 Å². The molecule has 1 saturated carbocycles. The van der Waals surface area contributed by atoms with Crippen molar-refractivity contribution < 1.29 is 14.7 Å². The largest absolute Gasteiger partial charge is 0.465 e. The van der Waals surface area contributed by atoms with Crippen LogP contribution in [-0.2, 0) is 4.79 Å². The molecule has 2 aliphatic rings. The lowest BCUT2D eigenvalue weighted by Crippen LogP contribution is -2.45. The van der Waals surface area contributed by atoms with E-state index in [9.17, 15) is 14.7 Å². The second-order valence-electron chi connectivity index (χ2n) is 10.2. The number of amides is 2. The first-order valence-electron chi connectivity index (χ1n) is 12.7. The van der Waals surface area contributed by atoms with Crippen molar-refractivity contribution in [2.75, 3.05) is 18.4 Å². The number of piperidine rings is 1. The molecule has 2 aromatic heterocycles. The van der Waals surface area contributed by atoms with Gasteiger partial charge in [0.1, 0.15) is 5.82 Å². The summed E-state index contributed by atoms with van der Waals surface area (Å²) in [4.78, 5) is 38.7. The number of nitrogens with two attached hydrogens (primary N) is 1. The van der Waals surface area contributed by atoms with Crippen molar-refractivity contribution in [2.24, 2.45) is 23.5 Å². The molecular formula is C25H37N7O3. The van der Waals surface area contributed by atoms with Gasteiger partial charge in [-0.25, -0.2) is 19.7 Å². The molecule has 1 saturated heterocycles. The minimum absolute atomic E-state index is 0.159. The van der Waals surface area contributed by atoms with Crippen LogP contribution in [0.5, 0.6) is 0 Å². The van der Waals surface area contributed by atoms with Gasteiger partial charge in [-0.15, -0.1) is 0 Å². The Bertz CT molecular complexity index is 1040.